The Balaban J connectivity index is 1.57. The summed E-state index contributed by atoms with van der Waals surface area (Å²) in [4.78, 5) is 21.4. The number of thiazole rings is 1. The molecule has 2 aromatic carbocycles. The minimum atomic E-state index is -0.139. The Hall–Kier alpha value is -2.74. The topological polar surface area (TPSA) is 73.8 Å². The molecule has 0 spiro atoms. The molecule has 0 saturated carbocycles. The largest absolute Gasteiger partial charge is 0.872 e. The Kier molecular flexibility index (Phi) is 4.58. The monoisotopic (exact) mass is 407 g/mol. The molecular weight excluding hydrogens is 386 g/mol. The predicted octanol–water partition coefficient (Wildman–Crippen LogP) is 1.47. The second kappa shape index (κ2) is 7.26. The van der Waals surface area contributed by atoms with Crippen LogP contribution in [0.4, 0.5) is 0 Å². The fourth-order valence-corrected chi connectivity index (χ4v) is 4.87. The zero-order valence-electron chi connectivity index (χ0n) is 16.1. The Morgan fingerprint density at radius 2 is 2.00 bits per heavy atom. The van der Waals surface area contributed by atoms with E-state index in [-0.39, 0.29) is 11.2 Å². The number of fused-ring (bicyclic) bond motifs is 2. The number of aromatic nitrogens is 1. The van der Waals surface area contributed by atoms with Crippen LogP contribution in [0.1, 0.15) is 5.56 Å². The lowest BCUT2D eigenvalue weighted by molar-refractivity contribution is -0.918. The highest BCUT2D eigenvalue weighted by Crippen LogP contribution is 2.30. The SMILES string of the molecule is CN1CC[NH+](Cc2c([O-])ccc3c(=O)c(-c4nc5ccccc5s4)coc23)CC1. The first kappa shape index (κ1) is 18.3. The molecule has 0 radical (unpaired) electrons. The zero-order valence-corrected chi connectivity index (χ0v) is 16.9. The lowest BCUT2D eigenvalue weighted by Crippen LogP contribution is -3.13. The molecule has 1 saturated heterocycles. The van der Waals surface area contributed by atoms with Crippen LogP contribution in [0.15, 0.2) is 51.9 Å². The van der Waals surface area contributed by atoms with Crippen molar-refractivity contribution in [2.24, 2.45) is 0 Å². The number of nitrogens with one attached hydrogen (secondary N) is 1. The Labute approximate surface area is 171 Å². The maximum atomic E-state index is 13.2. The highest BCUT2D eigenvalue weighted by Gasteiger charge is 2.21. The third-order valence-corrected chi connectivity index (χ3v) is 6.72. The maximum absolute atomic E-state index is 13.2. The van der Waals surface area contributed by atoms with E-state index in [2.05, 4.69) is 16.9 Å². The van der Waals surface area contributed by atoms with Crippen molar-refractivity contribution in [3.05, 3.63) is 58.4 Å². The Morgan fingerprint density at radius 3 is 2.79 bits per heavy atom. The molecule has 6 nitrogen and oxygen atoms in total. The molecule has 3 heterocycles. The van der Waals surface area contributed by atoms with Gasteiger partial charge in [-0.05, 0) is 25.2 Å². The molecular formula is C22H21N3O3S. The summed E-state index contributed by atoms with van der Waals surface area (Å²) in [6.07, 6.45) is 1.46. The number of quaternary nitrogens is 1. The van der Waals surface area contributed by atoms with Gasteiger partial charge in [0.25, 0.3) is 0 Å². The van der Waals surface area contributed by atoms with Crippen molar-refractivity contribution in [2.75, 3.05) is 33.2 Å². The molecule has 5 rings (SSSR count). The lowest BCUT2D eigenvalue weighted by atomic mass is 10.1. The summed E-state index contributed by atoms with van der Waals surface area (Å²) >= 11 is 1.47. The second-order valence-corrected chi connectivity index (χ2v) is 8.64. The van der Waals surface area contributed by atoms with E-state index in [1.54, 1.807) is 6.07 Å². The van der Waals surface area contributed by atoms with Crippen LogP contribution in [0, 0.1) is 0 Å². The summed E-state index contributed by atoms with van der Waals surface area (Å²) in [5.74, 6) is -0.0696. The van der Waals surface area contributed by atoms with Gasteiger partial charge in [-0.15, -0.1) is 11.3 Å². The first-order valence-electron chi connectivity index (χ1n) is 9.72. The van der Waals surface area contributed by atoms with Gasteiger partial charge in [-0.25, -0.2) is 4.98 Å². The van der Waals surface area contributed by atoms with E-state index in [1.807, 2.05) is 24.3 Å². The number of piperazine rings is 1. The van der Waals surface area contributed by atoms with Crippen molar-refractivity contribution in [2.45, 2.75) is 6.54 Å². The summed E-state index contributed by atoms with van der Waals surface area (Å²) in [5.41, 5.74) is 2.17. The van der Waals surface area contributed by atoms with Crippen molar-refractivity contribution >= 4 is 32.5 Å². The van der Waals surface area contributed by atoms with Crippen molar-refractivity contribution < 1.29 is 14.4 Å². The molecule has 29 heavy (non-hydrogen) atoms. The van der Waals surface area contributed by atoms with Gasteiger partial charge in [-0.3, -0.25) is 9.69 Å². The van der Waals surface area contributed by atoms with Gasteiger partial charge in [-0.1, -0.05) is 23.9 Å². The van der Waals surface area contributed by atoms with Gasteiger partial charge < -0.3 is 14.4 Å². The van der Waals surface area contributed by atoms with Gasteiger partial charge in [0.05, 0.1) is 34.3 Å². The lowest BCUT2D eigenvalue weighted by Gasteiger charge is -2.30. The molecule has 0 unspecified atom stereocenters. The number of rotatable bonds is 3. The number of hydrogen-bond donors (Lipinski definition) is 1. The third-order valence-electron chi connectivity index (χ3n) is 5.65. The van der Waals surface area contributed by atoms with E-state index in [0.29, 0.717) is 33.6 Å². The van der Waals surface area contributed by atoms with E-state index < -0.39 is 0 Å². The molecule has 2 aromatic heterocycles. The molecule has 0 aliphatic carbocycles. The fourth-order valence-electron chi connectivity index (χ4n) is 3.90. The number of para-hydroxylation sites is 1. The fraction of sp³-hybridized carbons (Fsp3) is 0.273. The third kappa shape index (κ3) is 3.31. The highest BCUT2D eigenvalue weighted by molar-refractivity contribution is 7.21. The predicted molar refractivity (Wildman–Crippen MR) is 112 cm³/mol. The smallest absolute Gasteiger partial charge is 0.202 e. The average molecular weight is 407 g/mol. The van der Waals surface area contributed by atoms with Gasteiger partial charge in [0.15, 0.2) is 0 Å². The quantitative estimate of drug-likeness (QED) is 0.557. The van der Waals surface area contributed by atoms with E-state index in [1.165, 1.54) is 28.6 Å². The number of likely N-dealkylation sites (N-methyl/N-ethyl adjacent to an activating group) is 1. The maximum Gasteiger partial charge on any atom is 0.202 e. The van der Waals surface area contributed by atoms with Crippen molar-refractivity contribution in [3.8, 4) is 16.3 Å². The zero-order chi connectivity index (χ0) is 20.0. The first-order valence-corrected chi connectivity index (χ1v) is 10.5. The van der Waals surface area contributed by atoms with Crippen LogP contribution in [0.2, 0.25) is 0 Å². The molecule has 148 valence electrons. The summed E-state index contributed by atoms with van der Waals surface area (Å²) in [6, 6.07) is 10.9. The van der Waals surface area contributed by atoms with Crippen molar-refractivity contribution in [1.82, 2.24) is 9.88 Å². The van der Waals surface area contributed by atoms with Crippen LogP contribution in [0.5, 0.6) is 5.75 Å². The van der Waals surface area contributed by atoms with Gasteiger partial charge in [-0.2, -0.15) is 0 Å². The van der Waals surface area contributed by atoms with Gasteiger partial charge in [0.1, 0.15) is 23.4 Å². The molecule has 1 aliphatic heterocycles. The van der Waals surface area contributed by atoms with Crippen LogP contribution in [-0.2, 0) is 6.54 Å². The van der Waals surface area contributed by atoms with Crippen LogP contribution >= 0.6 is 11.3 Å². The van der Waals surface area contributed by atoms with Crippen LogP contribution < -0.4 is 15.4 Å². The minimum Gasteiger partial charge on any atom is -0.872 e. The van der Waals surface area contributed by atoms with Crippen LogP contribution in [-0.4, -0.2) is 43.1 Å². The summed E-state index contributed by atoms with van der Waals surface area (Å²) < 4.78 is 6.92. The molecule has 4 aromatic rings. The first-order chi connectivity index (χ1) is 14.1. The number of benzene rings is 2. The summed E-state index contributed by atoms with van der Waals surface area (Å²) in [7, 11) is 2.11. The van der Waals surface area contributed by atoms with E-state index in [9.17, 15) is 9.90 Å². The van der Waals surface area contributed by atoms with Crippen LogP contribution in [0.3, 0.4) is 0 Å². The second-order valence-electron chi connectivity index (χ2n) is 7.61. The summed E-state index contributed by atoms with van der Waals surface area (Å²) in [6.45, 7) is 4.52. The van der Waals surface area contributed by atoms with Crippen LogP contribution in [0.25, 0.3) is 31.8 Å². The van der Waals surface area contributed by atoms with E-state index >= 15 is 0 Å². The Bertz CT molecular complexity index is 1220. The van der Waals surface area contributed by atoms with Gasteiger partial charge in [0.2, 0.25) is 5.43 Å². The van der Waals surface area contributed by atoms with Crippen molar-refractivity contribution in [3.63, 3.8) is 0 Å². The van der Waals surface area contributed by atoms with E-state index in [0.717, 1.165) is 36.4 Å². The number of hydrogen-bond acceptors (Lipinski definition) is 6. The molecule has 0 amide bonds. The molecule has 1 N–H and O–H groups in total. The standard InChI is InChI=1S/C22H21N3O3S/c1-24-8-10-25(11-9-24)12-15-18(26)7-6-14-20(27)16(13-28-21(14)15)22-23-17-4-2-3-5-19(17)29-22/h2-7,13,26H,8-12H2,1H3. The van der Waals surface area contributed by atoms with Gasteiger partial charge >= 0.3 is 0 Å². The molecule has 1 fully saturated rings. The molecule has 1 aliphatic rings. The van der Waals surface area contributed by atoms with E-state index in [4.69, 9.17) is 4.42 Å². The average Bonchev–Trinajstić information content (AvgIpc) is 3.16. The molecule has 0 atom stereocenters. The number of nitrogens with zero attached hydrogens (tertiary/aromatic N) is 2. The Morgan fingerprint density at radius 1 is 1.21 bits per heavy atom. The molecule has 7 heteroatoms. The normalized spacial score (nSPS) is 16.0. The minimum absolute atomic E-state index is 0.0696. The van der Waals surface area contributed by atoms with Gasteiger partial charge in [0, 0.05) is 18.7 Å². The highest BCUT2D eigenvalue weighted by atomic mass is 32.1. The van der Waals surface area contributed by atoms with Crippen molar-refractivity contribution in [1.29, 1.82) is 0 Å². The molecule has 0 bridgehead atoms. The summed E-state index contributed by atoms with van der Waals surface area (Å²) in [5, 5.41) is 13.6.